The van der Waals surface area contributed by atoms with Crippen LogP contribution in [0.4, 0.5) is 0 Å². The van der Waals surface area contributed by atoms with Crippen molar-refractivity contribution in [1.29, 1.82) is 0 Å². The van der Waals surface area contributed by atoms with Gasteiger partial charge in [0, 0.05) is 18.6 Å². The van der Waals surface area contributed by atoms with Gasteiger partial charge < -0.3 is 4.74 Å². The number of carbonyl (C=O) groups excluding carboxylic acids is 1. The Morgan fingerprint density at radius 2 is 2.23 bits per heavy atom. The summed E-state index contributed by atoms with van der Waals surface area (Å²) in [5.74, 6) is 0.278. The average molecular weight is 176 g/mol. The minimum absolute atomic E-state index is 0.0439. The number of fused-ring (bicyclic) bond motifs is 1. The fourth-order valence-corrected chi connectivity index (χ4v) is 1.85. The fourth-order valence-electron chi connectivity index (χ4n) is 1.85. The van der Waals surface area contributed by atoms with Crippen LogP contribution < -0.4 is 0 Å². The molecule has 1 aromatic carbocycles. The van der Waals surface area contributed by atoms with Crippen molar-refractivity contribution in [2.75, 3.05) is 13.7 Å². The summed E-state index contributed by atoms with van der Waals surface area (Å²) in [4.78, 5) is 11.7. The van der Waals surface area contributed by atoms with E-state index in [2.05, 4.69) is 0 Å². The van der Waals surface area contributed by atoms with E-state index in [0.717, 1.165) is 17.5 Å². The molecule has 1 aliphatic carbocycles. The van der Waals surface area contributed by atoms with Crippen LogP contribution in [0.3, 0.4) is 0 Å². The molecule has 1 aromatic rings. The van der Waals surface area contributed by atoms with Crippen LogP contribution in [0.15, 0.2) is 24.3 Å². The molecule has 1 aliphatic rings. The van der Waals surface area contributed by atoms with E-state index in [4.69, 9.17) is 4.74 Å². The molecule has 0 amide bonds. The number of ketones is 1. The van der Waals surface area contributed by atoms with E-state index in [1.165, 1.54) is 0 Å². The van der Waals surface area contributed by atoms with Crippen LogP contribution in [-0.4, -0.2) is 19.5 Å². The van der Waals surface area contributed by atoms with Gasteiger partial charge in [0.05, 0.1) is 6.61 Å². The number of ether oxygens (including phenoxy) is 1. The second kappa shape index (κ2) is 3.30. The molecular formula is C11H12O2. The molecule has 0 saturated heterocycles. The van der Waals surface area contributed by atoms with E-state index in [-0.39, 0.29) is 11.7 Å². The summed E-state index contributed by atoms with van der Waals surface area (Å²) >= 11 is 0. The minimum Gasteiger partial charge on any atom is -0.384 e. The Balaban J connectivity index is 2.28. The molecule has 0 aromatic heterocycles. The molecule has 0 radical (unpaired) electrons. The topological polar surface area (TPSA) is 26.3 Å². The summed E-state index contributed by atoms with van der Waals surface area (Å²) in [5.41, 5.74) is 2.04. The smallest absolute Gasteiger partial charge is 0.168 e. The van der Waals surface area contributed by atoms with Gasteiger partial charge in [-0.25, -0.2) is 0 Å². The van der Waals surface area contributed by atoms with Crippen LogP contribution in [0.2, 0.25) is 0 Å². The van der Waals surface area contributed by atoms with Gasteiger partial charge in [0.25, 0.3) is 0 Å². The van der Waals surface area contributed by atoms with Gasteiger partial charge in [0.1, 0.15) is 0 Å². The Hall–Kier alpha value is -1.15. The molecule has 0 saturated carbocycles. The number of hydrogen-bond donors (Lipinski definition) is 0. The Morgan fingerprint density at radius 1 is 1.46 bits per heavy atom. The van der Waals surface area contributed by atoms with Gasteiger partial charge >= 0.3 is 0 Å². The summed E-state index contributed by atoms with van der Waals surface area (Å²) in [6, 6.07) is 7.80. The van der Waals surface area contributed by atoms with Crippen molar-refractivity contribution < 1.29 is 9.53 Å². The largest absolute Gasteiger partial charge is 0.384 e. The zero-order valence-corrected chi connectivity index (χ0v) is 7.62. The number of rotatable bonds is 2. The van der Waals surface area contributed by atoms with Crippen LogP contribution in [0.1, 0.15) is 15.9 Å². The van der Waals surface area contributed by atoms with Crippen molar-refractivity contribution in [2.24, 2.45) is 5.92 Å². The maximum absolute atomic E-state index is 11.7. The molecule has 0 N–H and O–H groups in total. The van der Waals surface area contributed by atoms with Gasteiger partial charge in [0.15, 0.2) is 5.78 Å². The van der Waals surface area contributed by atoms with Gasteiger partial charge in [-0.3, -0.25) is 4.79 Å². The SMILES string of the molecule is COC[C@@H]1Cc2ccccc2C1=O. The van der Waals surface area contributed by atoms with Gasteiger partial charge in [-0.1, -0.05) is 24.3 Å². The number of Topliss-reactive ketones (excluding diaryl/α,β-unsaturated/α-hetero) is 1. The third-order valence-corrected chi connectivity index (χ3v) is 2.49. The van der Waals surface area contributed by atoms with Crippen molar-refractivity contribution in [3.8, 4) is 0 Å². The molecular weight excluding hydrogens is 164 g/mol. The van der Waals surface area contributed by atoms with E-state index in [0.29, 0.717) is 6.61 Å². The van der Waals surface area contributed by atoms with Crippen molar-refractivity contribution in [3.63, 3.8) is 0 Å². The highest BCUT2D eigenvalue weighted by Gasteiger charge is 2.29. The molecule has 0 spiro atoms. The van der Waals surface area contributed by atoms with Crippen molar-refractivity contribution in [3.05, 3.63) is 35.4 Å². The summed E-state index contributed by atoms with van der Waals surface area (Å²) in [5, 5.41) is 0. The maximum Gasteiger partial charge on any atom is 0.168 e. The highest BCUT2D eigenvalue weighted by molar-refractivity contribution is 6.02. The lowest BCUT2D eigenvalue weighted by Crippen LogP contribution is -2.14. The molecule has 68 valence electrons. The molecule has 2 nitrogen and oxygen atoms in total. The summed E-state index contributed by atoms with van der Waals surface area (Å²) in [6.07, 6.45) is 0.836. The normalized spacial score (nSPS) is 20.4. The van der Waals surface area contributed by atoms with Crippen molar-refractivity contribution in [2.45, 2.75) is 6.42 Å². The molecule has 0 aliphatic heterocycles. The fraction of sp³-hybridized carbons (Fsp3) is 0.364. The lowest BCUT2D eigenvalue weighted by Gasteiger charge is -2.04. The Labute approximate surface area is 77.5 Å². The second-order valence-electron chi connectivity index (χ2n) is 3.38. The van der Waals surface area contributed by atoms with E-state index < -0.39 is 0 Å². The van der Waals surface area contributed by atoms with E-state index in [1.54, 1.807) is 7.11 Å². The predicted molar refractivity (Wildman–Crippen MR) is 49.8 cm³/mol. The molecule has 0 heterocycles. The van der Waals surface area contributed by atoms with E-state index in [9.17, 15) is 4.79 Å². The van der Waals surface area contributed by atoms with Crippen LogP contribution in [0.5, 0.6) is 0 Å². The first-order chi connectivity index (χ1) is 6.33. The number of hydrogen-bond acceptors (Lipinski definition) is 2. The van der Waals surface area contributed by atoms with Gasteiger partial charge in [-0.2, -0.15) is 0 Å². The lowest BCUT2D eigenvalue weighted by molar-refractivity contribution is 0.0833. The molecule has 2 rings (SSSR count). The number of methoxy groups -OCH3 is 1. The lowest BCUT2D eigenvalue weighted by atomic mass is 10.1. The second-order valence-corrected chi connectivity index (χ2v) is 3.38. The van der Waals surface area contributed by atoms with Crippen LogP contribution >= 0.6 is 0 Å². The van der Waals surface area contributed by atoms with E-state index in [1.807, 2.05) is 24.3 Å². The molecule has 2 heteroatoms. The van der Waals surface area contributed by atoms with E-state index >= 15 is 0 Å². The molecule has 0 bridgehead atoms. The first kappa shape index (κ1) is 8.45. The minimum atomic E-state index is 0.0439. The van der Waals surface area contributed by atoms with Crippen LogP contribution in [-0.2, 0) is 11.2 Å². The molecule has 0 fully saturated rings. The highest BCUT2D eigenvalue weighted by atomic mass is 16.5. The Morgan fingerprint density at radius 3 is 2.92 bits per heavy atom. The van der Waals surface area contributed by atoms with Gasteiger partial charge in [-0.05, 0) is 12.0 Å². The van der Waals surface area contributed by atoms with Gasteiger partial charge in [-0.15, -0.1) is 0 Å². The molecule has 1 atom stereocenters. The van der Waals surface area contributed by atoms with Crippen LogP contribution in [0, 0.1) is 5.92 Å². The number of benzene rings is 1. The van der Waals surface area contributed by atoms with Crippen molar-refractivity contribution >= 4 is 5.78 Å². The average Bonchev–Trinajstić information content (AvgIpc) is 2.46. The Bertz CT molecular complexity index is 331. The maximum atomic E-state index is 11.7. The summed E-state index contributed by atoms with van der Waals surface area (Å²) in [7, 11) is 1.64. The van der Waals surface area contributed by atoms with Gasteiger partial charge in [0.2, 0.25) is 0 Å². The first-order valence-electron chi connectivity index (χ1n) is 4.44. The quantitative estimate of drug-likeness (QED) is 0.685. The summed E-state index contributed by atoms with van der Waals surface area (Å²) in [6.45, 7) is 0.535. The third kappa shape index (κ3) is 1.38. The van der Waals surface area contributed by atoms with Crippen LogP contribution in [0.25, 0.3) is 0 Å². The Kier molecular flexibility index (Phi) is 2.15. The zero-order chi connectivity index (χ0) is 9.26. The zero-order valence-electron chi connectivity index (χ0n) is 7.62. The molecule has 0 unspecified atom stereocenters. The summed E-state index contributed by atoms with van der Waals surface area (Å²) < 4.78 is 5.01. The monoisotopic (exact) mass is 176 g/mol. The highest BCUT2D eigenvalue weighted by Crippen LogP contribution is 2.26. The third-order valence-electron chi connectivity index (χ3n) is 2.49. The first-order valence-corrected chi connectivity index (χ1v) is 4.44. The standard InChI is InChI=1S/C11H12O2/c1-13-7-9-6-8-4-2-3-5-10(8)11(9)12/h2-5,9H,6-7H2,1H3/t9-/m0/s1. The number of carbonyl (C=O) groups is 1. The molecule has 13 heavy (non-hydrogen) atoms. The van der Waals surface area contributed by atoms with Crippen molar-refractivity contribution in [1.82, 2.24) is 0 Å². The predicted octanol–water partition coefficient (Wildman–Crippen LogP) is 1.69.